The molecule has 2 atom stereocenters. The van der Waals surface area contributed by atoms with Crippen molar-refractivity contribution in [2.75, 3.05) is 19.3 Å². The minimum absolute atomic E-state index is 0.143. The molecule has 15 heavy (non-hydrogen) atoms. The minimum atomic E-state index is -0.176. The zero-order chi connectivity index (χ0) is 11.5. The maximum Gasteiger partial charge on any atom is 0.238 e. The van der Waals surface area contributed by atoms with Gasteiger partial charge in [-0.3, -0.25) is 4.79 Å². The molecule has 1 fully saturated rings. The van der Waals surface area contributed by atoms with Gasteiger partial charge in [0.25, 0.3) is 0 Å². The molecule has 2 unspecified atom stereocenters. The van der Waals surface area contributed by atoms with Gasteiger partial charge >= 0.3 is 0 Å². The first-order valence-electron chi connectivity index (χ1n) is 5.49. The molecule has 0 saturated carbocycles. The van der Waals surface area contributed by atoms with Crippen LogP contribution in [0, 0.1) is 0 Å². The number of carbonyl (C=O) groups is 1. The number of thioether (sulfide) groups is 1. The first kappa shape index (κ1) is 13.2. The summed E-state index contributed by atoms with van der Waals surface area (Å²) in [6, 6.07) is 0. The van der Waals surface area contributed by atoms with Crippen LogP contribution in [0.15, 0.2) is 0 Å². The van der Waals surface area contributed by atoms with Crippen molar-refractivity contribution in [1.29, 1.82) is 0 Å². The van der Waals surface area contributed by atoms with Gasteiger partial charge in [0.2, 0.25) is 5.91 Å². The molecule has 1 saturated heterocycles. The van der Waals surface area contributed by atoms with Crippen LogP contribution in [0.4, 0.5) is 0 Å². The Morgan fingerprint density at radius 2 is 2.33 bits per heavy atom. The monoisotopic (exact) mass is 249 g/mol. The zero-order valence-corrected chi connectivity index (χ0v) is 11.3. The van der Waals surface area contributed by atoms with Gasteiger partial charge in [-0.25, -0.2) is 0 Å². The lowest BCUT2D eigenvalue weighted by molar-refractivity contribution is -0.132. The molecule has 0 aromatic heterocycles. The largest absolute Gasteiger partial charge is 0.345 e. The Morgan fingerprint density at radius 1 is 1.67 bits per heavy atom. The van der Waals surface area contributed by atoms with Crippen molar-refractivity contribution < 1.29 is 4.79 Å². The van der Waals surface area contributed by atoms with E-state index in [0.29, 0.717) is 0 Å². The summed E-state index contributed by atoms with van der Waals surface area (Å²) in [6.07, 6.45) is 3.04. The summed E-state index contributed by atoms with van der Waals surface area (Å²) < 4.78 is -0.176. The lowest BCUT2D eigenvalue weighted by Gasteiger charge is -2.28. The van der Waals surface area contributed by atoms with E-state index in [1.54, 1.807) is 11.8 Å². The molecule has 0 spiro atoms. The van der Waals surface area contributed by atoms with Gasteiger partial charge in [-0.05, 0) is 38.9 Å². The third-order valence-corrected chi connectivity index (χ3v) is 4.61. The summed E-state index contributed by atoms with van der Waals surface area (Å²) in [5, 5.41) is 0.143. The molecule has 0 aliphatic carbocycles. The molecule has 0 aromatic rings. The molecule has 4 heteroatoms. The predicted molar refractivity (Wildman–Crippen MR) is 67.7 cm³/mol. The molecule has 0 aromatic carbocycles. The molecule has 1 aliphatic rings. The first-order chi connectivity index (χ1) is 6.96. The quantitative estimate of drug-likeness (QED) is 0.715. The number of alkyl halides is 1. The molecule has 88 valence electrons. The van der Waals surface area contributed by atoms with E-state index >= 15 is 0 Å². The Morgan fingerprint density at radius 3 is 2.80 bits per heavy atom. The van der Waals surface area contributed by atoms with E-state index in [9.17, 15) is 4.79 Å². The van der Waals surface area contributed by atoms with Crippen LogP contribution < -0.4 is 0 Å². The normalized spacial score (nSPS) is 27.7. The fraction of sp³-hybridized carbons (Fsp3) is 0.909. The Hall–Kier alpha value is 0.110. The number of carbonyl (C=O) groups excluding carboxylic acids is 1. The molecule has 0 bridgehead atoms. The highest BCUT2D eigenvalue weighted by Crippen LogP contribution is 2.38. The third-order valence-electron chi connectivity index (χ3n) is 2.88. The minimum Gasteiger partial charge on any atom is -0.345 e. The summed E-state index contributed by atoms with van der Waals surface area (Å²) in [7, 11) is 1.88. The lowest BCUT2D eigenvalue weighted by Crippen LogP contribution is -2.42. The van der Waals surface area contributed by atoms with Crippen LogP contribution in [0.3, 0.4) is 0 Å². The SMILES string of the molecule is CC(Cl)CCN(C)C(=O)C1(C)CCCS1. The van der Waals surface area contributed by atoms with E-state index in [1.807, 2.05) is 18.9 Å². The summed E-state index contributed by atoms with van der Waals surface area (Å²) in [6.45, 7) is 4.79. The van der Waals surface area contributed by atoms with Gasteiger partial charge in [0.05, 0.1) is 4.75 Å². The Labute approximate surface area is 102 Å². The second-order valence-corrected chi connectivity index (χ2v) is 6.82. The van der Waals surface area contributed by atoms with Crippen LogP contribution in [0.25, 0.3) is 0 Å². The van der Waals surface area contributed by atoms with Crippen LogP contribution in [0.1, 0.15) is 33.1 Å². The molecule has 0 N–H and O–H groups in total. The molecular formula is C11H20ClNOS. The molecular weight excluding hydrogens is 230 g/mol. The van der Waals surface area contributed by atoms with Crippen LogP contribution >= 0.6 is 23.4 Å². The molecule has 2 nitrogen and oxygen atoms in total. The highest BCUT2D eigenvalue weighted by Gasteiger charge is 2.38. The zero-order valence-electron chi connectivity index (χ0n) is 9.75. The number of nitrogens with zero attached hydrogens (tertiary/aromatic N) is 1. The second-order valence-electron chi connectivity index (χ2n) is 4.48. The lowest BCUT2D eigenvalue weighted by atomic mass is 10.0. The van der Waals surface area contributed by atoms with E-state index in [2.05, 4.69) is 6.92 Å². The van der Waals surface area contributed by atoms with Gasteiger partial charge in [-0.1, -0.05) is 0 Å². The molecule has 1 aliphatic heterocycles. The predicted octanol–water partition coefficient (Wildman–Crippen LogP) is 2.75. The molecule has 1 amide bonds. The Kier molecular flexibility index (Phi) is 4.78. The van der Waals surface area contributed by atoms with Crippen molar-refractivity contribution in [3.8, 4) is 0 Å². The van der Waals surface area contributed by atoms with Crippen molar-refractivity contribution in [2.24, 2.45) is 0 Å². The van der Waals surface area contributed by atoms with E-state index in [1.165, 1.54) is 0 Å². The number of amides is 1. The molecule has 0 radical (unpaired) electrons. The van der Waals surface area contributed by atoms with Crippen molar-refractivity contribution in [1.82, 2.24) is 4.90 Å². The van der Waals surface area contributed by atoms with Gasteiger partial charge in [0.15, 0.2) is 0 Å². The summed E-state index contributed by atoms with van der Waals surface area (Å²) in [5.74, 6) is 1.38. The molecule has 1 heterocycles. The Balaban J connectivity index is 2.44. The van der Waals surface area contributed by atoms with Crippen LogP contribution in [-0.4, -0.2) is 40.3 Å². The maximum atomic E-state index is 12.1. The number of rotatable bonds is 4. The van der Waals surface area contributed by atoms with Gasteiger partial charge in [0.1, 0.15) is 0 Å². The van der Waals surface area contributed by atoms with E-state index in [0.717, 1.165) is 31.6 Å². The fourth-order valence-electron chi connectivity index (χ4n) is 1.82. The smallest absolute Gasteiger partial charge is 0.238 e. The van der Waals surface area contributed by atoms with E-state index in [-0.39, 0.29) is 16.0 Å². The number of hydrogen-bond donors (Lipinski definition) is 0. The van der Waals surface area contributed by atoms with E-state index < -0.39 is 0 Å². The van der Waals surface area contributed by atoms with E-state index in [4.69, 9.17) is 11.6 Å². The van der Waals surface area contributed by atoms with Crippen LogP contribution in [0.2, 0.25) is 0 Å². The third kappa shape index (κ3) is 3.56. The average molecular weight is 250 g/mol. The van der Waals surface area contributed by atoms with Crippen molar-refractivity contribution in [2.45, 2.75) is 43.2 Å². The highest BCUT2D eigenvalue weighted by atomic mass is 35.5. The van der Waals surface area contributed by atoms with Crippen molar-refractivity contribution in [3.63, 3.8) is 0 Å². The van der Waals surface area contributed by atoms with Crippen molar-refractivity contribution >= 4 is 29.3 Å². The maximum absolute atomic E-state index is 12.1. The standard InChI is InChI=1S/C11H20ClNOS/c1-9(12)5-7-13(3)10(14)11(2)6-4-8-15-11/h9H,4-8H2,1-3H3. The summed E-state index contributed by atoms with van der Waals surface area (Å²) in [5.41, 5.74) is 0. The fourth-order valence-corrected chi connectivity index (χ4v) is 3.23. The van der Waals surface area contributed by atoms with Crippen molar-refractivity contribution in [3.05, 3.63) is 0 Å². The first-order valence-corrected chi connectivity index (χ1v) is 6.91. The topological polar surface area (TPSA) is 20.3 Å². The van der Waals surface area contributed by atoms with Gasteiger partial charge < -0.3 is 4.90 Å². The number of halogens is 1. The summed E-state index contributed by atoms with van der Waals surface area (Å²) >= 11 is 7.67. The van der Waals surface area contributed by atoms with Gasteiger partial charge in [-0.2, -0.15) is 0 Å². The Bertz CT molecular complexity index is 227. The van der Waals surface area contributed by atoms with Crippen LogP contribution in [0.5, 0.6) is 0 Å². The second kappa shape index (κ2) is 5.44. The summed E-state index contributed by atoms with van der Waals surface area (Å²) in [4.78, 5) is 14.0. The highest BCUT2D eigenvalue weighted by molar-refractivity contribution is 8.01. The number of hydrogen-bond acceptors (Lipinski definition) is 2. The van der Waals surface area contributed by atoms with Gasteiger partial charge in [0, 0.05) is 19.0 Å². The average Bonchev–Trinajstić information content (AvgIpc) is 2.61. The molecule has 1 rings (SSSR count). The van der Waals surface area contributed by atoms with Gasteiger partial charge in [-0.15, -0.1) is 23.4 Å². The van der Waals surface area contributed by atoms with Crippen LogP contribution in [-0.2, 0) is 4.79 Å².